The Hall–Kier alpha value is 1.31. The smallest absolute Gasteiger partial charge is 0.0556 e. The summed E-state index contributed by atoms with van der Waals surface area (Å²) in [6.07, 6.45) is 2.02. The van der Waals surface area contributed by atoms with Gasteiger partial charge in [-0.25, -0.2) is 0 Å². The predicted octanol–water partition coefficient (Wildman–Crippen LogP) is 0.494. The number of hydrogen-bond donors (Lipinski definition) is 1. The van der Waals surface area contributed by atoms with E-state index in [1.807, 2.05) is 11.8 Å². The van der Waals surface area contributed by atoms with Crippen molar-refractivity contribution in [1.82, 2.24) is 0 Å². The molecule has 1 heterocycles. The van der Waals surface area contributed by atoms with Crippen molar-refractivity contribution in [3.63, 3.8) is 0 Å². The molecule has 1 aliphatic rings. The standard InChI is InChI=1S/C5H10OS.Na/c6-5-1-3-7-4-2-5;/h5-6H,1-4H2;. The van der Waals surface area contributed by atoms with E-state index >= 15 is 0 Å². The van der Waals surface area contributed by atoms with E-state index in [-0.39, 0.29) is 35.7 Å². The van der Waals surface area contributed by atoms with Gasteiger partial charge in [0.2, 0.25) is 0 Å². The SMILES string of the molecule is OC1CCSCC1.[Na]. The minimum Gasteiger partial charge on any atom is -0.393 e. The molecule has 1 rings (SSSR count). The Labute approximate surface area is 76.5 Å². The van der Waals surface area contributed by atoms with Gasteiger partial charge in [0.1, 0.15) is 0 Å². The van der Waals surface area contributed by atoms with Gasteiger partial charge in [-0.05, 0) is 24.3 Å². The molecule has 0 aromatic heterocycles. The van der Waals surface area contributed by atoms with Crippen molar-refractivity contribution in [3.8, 4) is 0 Å². The number of aliphatic hydroxyl groups excluding tert-OH is 1. The molecule has 43 valence electrons. The molecular weight excluding hydrogens is 131 g/mol. The summed E-state index contributed by atoms with van der Waals surface area (Å²) in [5.41, 5.74) is 0. The molecule has 1 radical (unpaired) electrons. The molecule has 8 heavy (non-hydrogen) atoms. The zero-order valence-corrected chi connectivity index (χ0v) is 8.08. The summed E-state index contributed by atoms with van der Waals surface area (Å²) in [6, 6.07) is 0. The van der Waals surface area contributed by atoms with Gasteiger partial charge in [-0.15, -0.1) is 0 Å². The monoisotopic (exact) mass is 141 g/mol. The van der Waals surface area contributed by atoms with E-state index in [9.17, 15) is 0 Å². The van der Waals surface area contributed by atoms with Crippen molar-refractivity contribution in [3.05, 3.63) is 0 Å². The fraction of sp³-hybridized carbons (Fsp3) is 1.00. The average molecular weight is 141 g/mol. The third-order valence-corrected chi connectivity index (χ3v) is 2.24. The van der Waals surface area contributed by atoms with Crippen LogP contribution in [0.1, 0.15) is 12.8 Å². The molecule has 3 heteroatoms. The maximum absolute atomic E-state index is 8.90. The van der Waals surface area contributed by atoms with Crippen LogP contribution in [0.15, 0.2) is 0 Å². The third kappa shape index (κ3) is 3.36. The van der Waals surface area contributed by atoms with E-state index in [2.05, 4.69) is 0 Å². The van der Waals surface area contributed by atoms with Crippen LogP contribution in [0.4, 0.5) is 0 Å². The van der Waals surface area contributed by atoms with Gasteiger partial charge >= 0.3 is 0 Å². The van der Waals surface area contributed by atoms with Crippen LogP contribution in [0.3, 0.4) is 0 Å². The van der Waals surface area contributed by atoms with Crippen molar-refractivity contribution in [1.29, 1.82) is 0 Å². The van der Waals surface area contributed by atoms with Crippen LogP contribution in [0.2, 0.25) is 0 Å². The van der Waals surface area contributed by atoms with E-state index in [1.165, 1.54) is 0 Å². The second kappa shape index (κ2) is 5.12. The molecule has 1 fully saturated rings. The van der Waals surface area contributed by atoms with E-state index in [1.54, 1.807) is 0 Å². The van der Waals surface area contributed by atoms with Crippen molar-refractivity contribution >= 4 is 41.3 Å². The predicted molar refractivity (Wildman–Crippen MR) is 38.3 cm³/mol. The molecule has 1 nitrogen and oxygen atoms in total. The maximum Gasteiger partial charge on any atom is 0.0556 e. The Balaban J connectivity index is 0.000000490. The average Bonchev–Trinajstić information content (AvgIpc) is 1.69. The molecule has 0 unspecified atom stereocenters. The molecule has 0 amide bonds. The van der Waals surface area contributed by atoms with Crippen molar-refractivity contribution in [2.45, 2.75) is 18.9 Å². The van der Waals surface area contributed by atoms with Gasteiger partial charge in [0.25, 0.3) is 0 Å². The summed E-state index contributed by atoms with van der Waals surface area (Å²) in [5.74, 6) is 2.31. The van der Waals surface area contributed by atoms with Gasteiger partial charge in [-0.2, -0.15) is 11.8 Å². The van der Waals surface area contributed by atoms with Crippen LogP contribution in [0.25, 0.3) is 0 Å². The number of rotatable bonds is 0. The molecule has 0 bridgehead atoms. The van der Waals surface area contributed by atoms with Crippen LogP contribution < -0.4 is 0 Å². The normalized spacial score (nSPS) is 22.1. The van der Waals surface area contributed by atoms with Crippen molar-refractivity contribution in [2.24, 2.45) is 0 Å². The second-order valence-electron chi connectivity index (χ2n) is 1.84. The van der Waals surface area contributed by atoms with E-state index in [4.69, 9.17) is 5.11 Å². The summed E-state index contributed by atoms with van der Waals surface area (Å²) in [7, 11) is 0. The topological polar surface area (TPSA) is 20.2 Å². The minimum atomic E-state index is 0. The summed E-state index contributed by atoms with van der Waals surface area (Å²) in [4.78, 5) is 0. The number of aliphatic hydroxyl groups is 1. The molecule has 0 saturated carbocycles. The van der Waals surface area contributed by atoms with Crippen LogP contribution in [0, 0.1) is 0 Å². The molecule has 0 aliphatic carbocycles. The van der Waals surface area contributed by atoms with Gasteiger partial charge in [-0.1, -0.05) is 0 Å². The second-order valence-corrected chi connectivity index (χ2v) is 3.07. The molecule has 1 saturated heterocycles. The molecule has 0 aromatic carbocycles. The molecule has 1 N–H and O–H groups in total. The van der Waals surface area contributed by atoms with Gasteiger partial charge < -0.3 is 5.11 Å². The van der Waals surface area contributed by atoms with E-state index in [0.717, 1.165) is 24.3 Å². The van der Waals surface area contributed by atoms with Crippen LogP contribution >= 0.6 is 11.8 Å². The fourth-order valence-electron chi connectivity index (χ4n) is 0.685. The quantitative estimate of drug-likeness (QED) is 0.495. The maximum atomic E-state index is 8.90. The summed E-state index contributed by atoms with van der Waals surface area (Å²) in [5, 5.41) is 8.90. The van der Waals surface area contributed by atoms with Crippen LogP contribution in [-0.4, -0.2) is 52.3 Å². The summed E-state index contributed by atoms with van der Waals surface area (Å²) in [6.45, 7) is 0. The first-order valence-corrected chi connectivity index (χ1v) is 3.81. The van der Waals surface area contributed by atoms with Crippen LogP contribution in [0.5, 0.6) is 0 Å². The minimum absolute atomic E-state index is 0. The summed E-state index contributed by atoms with van der Waals surface area (Å²) < 4.78 is 0. The Kier molecular flexibility index (Phi) is 5.96. The van der Waals surface area contributed by atoms with E-state index < -0.39 is 0 Å². The fourth-order valence-corrected chi connectivity index (χ4v) is 1.77. The van der Waals surface area contributed by atoms with Crippen molar-refractivity contribution < 1.29 is 5.11 Å². The Bertz CT molecular complexity index is 54.4. The molecular formula is C5H10NaOS. The van der Waals surface area contributed by atoms with Gasteiger partial charge in [0, 0.05) is 29.6 Å². The molecule has 0 atom stereocenters. The Morgan fingerprint density at radius 1 is 1.25 bits per heavy atom. The largest absolute Gasteiger partial charge is 0.393 e. The summed E-state index contributed by atoms with van der Waals surface area (Å²) >= 11 is 1.94. The molecule has 0 aromatic rings. The Morgan fingerprint density at radius 2 is 1.75 bits per heavy atom. The number of thioether (sulfide) groups is 1. The zero-order valence-electron chi connectivity index (χ0n) is 5.26. The van der Waals surface area contributed by atoms with E-state index in [0.29, 0.717) is 0 Å². The van der Waals surface area contributed by atoms with Crippen molar-refractivity contribution in [2.75, 3.05) is 11.5 Å². The van der Waals surface area contributed by atoms with Gasteiger partial charge in [0.15, 0.2) is 0 Å². The molecule has 0 spiro atoms. The third-order valence-electron chi connectivity index (χ3n) is 1.19. The molecule has 1 aliphatic heterocycles. The first-order chi connectivity index (χ1) is 3.39. The Morgan fingerprint density at radius 3 is 2.00 bits per heavy atom. The first kappa shape index (κ1) is 9.31. The first-order valence-electron chi connectivity index (χ1n) is 2.65. The van der Waals surface area contributed by atoms with Gasteiger partial charge in [0.05, 0.1) is 6.10 Å². The zero-order chi connectivity index (χ0) is 5.11. The van der Waals surface area contributed by atoms with Gasteiger partial charge in [-0.3, -0.25) is 0 Å². The number of hydrogen-bond acceptors (Lipinski definition) is 2. The van der Waals surface area contributed by atoms with Crippen LogP contribution in [-0.2, 0) is 0 Å².